The first kappa shape index (κ1) is 37.1. The predicted octanol–water partition coefficient (Wildman–Crippen LogP) is -1.42. The Hall–Kier alpha value is -5.08. The summed E-state index contributed by atoms with van der Waals surface area (Å²) < 4.78 is 0. The van der Waals surface area contributed by atoms with E-state index in [2.05, 4.69) is 31.9 Å². The molecule has 1 aromatic carbocycles. The van der Waals surface area contributed by atoms with E-state index in [4.69, 9.17) is 0 Å². The lowest BCUT2D eigenvalue weighted by molar-refractivity contribution is -0.137. The first-order valence-corrected chi connectivity index (χ1v) is 15.2. The van der Waals surface area contributed by atoms with E-state index in [0.29, 0.717) is 45.1 Å². The molecule has 8 amide bonds. The minimum atomic E-state index is -1.02. The van der Waals surface area contributed by atoms with Crippen molar-refractivity contribution in [2.75, 3.05) is 39.8 Å². The molecule has 0 aliphatic carbocycles. The van der Waals surface area contributed by atoms with Gasteiger partial charge in [0.05, 0.1) is 19.6 Å². The zero-order chi connectivity index (χ0) is 33.7. The van der Waals surface area contributed by atoms with Gasteiger partial charge in [0.15, 0.2) is 0 Å². The van der Waals surface area contributed by atoms with Crippen LogP contribution in [0.4, 0.5) is 0 Å². The molecule has 1 heterocycles. The van der Waals surface area contributed by atoms with Gasteiger partial charge in [0.2, 0.25) is 35.4 Å². The standard InChI is InChI=1S/C31H43N7O8/c1-32-24(39)12-7-8-16-33-26(41)20-36-31(46)23(18-22-10-4-2-5-11-22)37-28(43)21-35-27(42)19-34-25(40)13-6-3-9-17-38-29(44)14-15-30(38)45/h2,4-5,10-11,14-15,23H,3,6-9,12-13,16-21H2,1H3,(H,32,39)(H,33,41)(H,34,40)(H,35,42)(H,36,46)(H,37,43)/t23-/m0/s1. The van der Waals surface area contributed by atoms with Crippen LogP contribution in [0.5, 0.6) is 0 Å². The lowest BCUT2D eigenvalue weighted by Crippen LogP contribution is -2.52. The van der Waals surface area contributed by atoms with Crippen LogP contribution in [0.3, 0.4) is 0 Å². The van der Waals surface area contributed by atoms with Crippen molar-refractivity contribution in [3.8, 4) is 0 Å². The molecule has 250 valence electrons. The van der Waals surface area contributed by atoms with Gasteiger partial charge >= 0.3 is 0 Å². The monoisotopic (exact) mass is 641 g/mol. The number of rotatable bonds is 21. The summed E-state index contributed by atoms with van der Waals surface area (Å²) in [6, 6.07) is 7.93. The number of nitrogens with zero attached hydrogens (tertiary/aromatic N) is 1. The molecule has 0 saturated heterocycles. The number of hydrogen-bond acceptors (Lipinski definition) is 8. The van der Waals surface area contributed by atoms with Crippen molar-refractivity contribution in [2.24, 2.45) is 0 Å². The number of imide groups is 1. The predicted molar refractivity (Wildman–Crippen MR) is 166 cm³/mol. The van der Waals surface area contributed by atoms with E-state index >= 15 is 0 Å². The molecule has 0 unspecified atom stereocenters. The fraction of sp³-hybridized carbons (Fsp3) is 0.484. The van der Waals surface area contributed by atoms with Crippen molar-refractivity contribution in [1.82, 2.24) is 36.8 Å². The van der Waals surface area contributed by atoms with Crippen LogP contribution in [0.25, 0.3) is 0 Å². The van der Waals surface area contributed by atoms with Crippen molar-refractivity contribution < 1.29 is 38.4 Å². The SMILES string of the molecule is CNC(=O)CCCCNC(=O)CNC(=O)[C@H](Cc1ccccc1)NC(=O)CNC(=O)CNC(=O)CCCCCN1C(=O)C=CC1=O. The van der Waals surface area contributed by atoms with Crippen molar-refractivity contribution in [1.29, 1.82) is 0 Å². The Balaban J connectivity index is 1.68. The molecular formula is C31H43N7O8. The van der Waals surface area contributed by atoms with Gasteiger partial charge in [-0.05, 0) is 31.2 Å². The minimum absolute atomic E-state index is 0.0807. The van der Waals surface area contributed by atoms with Crippen LogP contribution in [-0.2, 0) is 44.8 Å². The van der Waals surface area contributed by atoms with Gasteiger partial charge in [-0.3, -0.25) is 43.3 Å². The summed E-state index contributed by atoms with van der Waals surface area (Å²) in [5, 5.41) is 15.1. The van der Waals surface area contributed by atoms with E-state index in [1.807, 2.05) is 6.07 Å². The Labute approximate surface area is 267 Å². The fourth-order valence-corrected chi connectivity index (χ4v) is 4.31. The summed E-state index contributed by atoms with van der Waals surface area (Å²) in [6.07, 6.45) is 5.96. The van der Waals surface area contributed by atoms with Crippen LogP contribution in [0.1, 0.15) is 50.5 Å². The van der Waals surface area contributed by atoms with Crippen LogP contribution >= 0.6 is 0 Å². The third-order valence-corrected chi connectivity index (χ3v) is 6.87. The number of amides is 8. The second-order valence-electron chi connectivity index (χ2n) is 10.5. The van der Waals surface area contributed by atoms with Crippen molar-refractivity contribution >= 4 is 47.3 Å². The molecule has 0 spiro atoms. The van der Waals surface area contributed by atoms with E-state index in [1.54, 1.807) is 31.3 Å². The molecule has 15 nitrogen and oxygen atoms in total. The number of hydrogen-bond donors (Lipinski definition) is 6. The van der Waals surface area contributed by atoms with E-state index in [9.17, 15) is 38.4 Å². The van der Waals surface area contributed by atoms with Crippen LogP contribution < -0.4 is 31.9 Å². The highest BCUT2D eigenvalue weighted by atomic mass is 16.2. The Morgan fingerprint density at radius 1 is 0.652 bits per heavy atom. The number of carbonyl (C=O) groups excluding carboxylic acids is 8. The zero-order valence-corrected chi connectivity index (χ0v) is 26.0. The Kier molecular flexibility index (Phi) is 16.8. The summed E-state index contributed by atoms with van der Waals surface area (Å²) in [6.45, 7) is -0.459. The number of carbonyl (C=O) groups is 8. The zero-order valence-electron chi connectivity index (χ0n) is 26.0. The van der Waals surface area contributed by atoms with Crippen LogP contribution in [0.15, 0.2) is 42.5 Å². The highest BCUT2D eigenvalue weighted by molar-refractivity contribution is 6.12. The molecule has 0 bridgehead atoms. The Morgan fingerprint density at radius 2 is 1.24 bits per heavy atom. The van der Waals surface area contributed by atoms with Crippen LogP contribution in [0.2, 0.25) is 0 Å². The van der Waals surface area contributed by atoms with Gasteiger partial charge in [0.25, 0.3) is 11.8 Å². The average Bonchev–Trinajstić information content (AvgIpc) is 3.37. The van der Waals surface area contributed by atoms with Crippen molar-refractivity contribution in [2.45, 2.75) is 57.4 Å². The maximum atomic E-state index is 12.9. The number of nitrogens with one attached hydrogen (secondary N) is 6. The van der Waals surface area contributed by atoms with E-state index in [0.717, 1.165) is 10.5 Å². The molecule has 1 aliphatic heterocycles. The molecule has 1 aromatic rings. The van der Waals surface area contributed by atoms with Gasteiger partial charge in [-0.15, -0.1) is 0 Å². The Bertz CT molecular complexity index is 1250. The maximum absolute atomic E-state index is 12.9. The molecule has 0 radical (unpaired) electrons. The molecule has 0 aromatic heterocycles. The fourth-order valence-electron chi connectivity index (χ4n) is 4.31. The molecule has 0 fully saturated rings. The Morgan fingerprint density at radius 3 is 1.93 bits per heavy atom. The number of benzene rings is 1. The van der Waals surface area contributed by atoms with Gasteiger partial charge < -0.3 is 31.9 Å². The van der Waals surface area contributed by atoms with E-state index in [1.165, 1.54) is 12.2 Å². The third-order valence-electron chi connectivity index (χ3n) is 6.87. The topological polar surface area (TPSA) is 212 Å². The third kappa shape index (κ3) is 15.1. The van der Waals surface area contributed by atoms with Gasteiger partial charge in [0.1, 0.15) is 6.04 Å². The van der Waals surface area contributed by atoms with Crippen molar-refractivity contribution in [3.63, 3.8) is 0 Å². The molecule has 2 rings (SSSR count). The lowest BCUT2D eigenvalue weighted by atomic mass is 10.1. The molecule has 0 saturated carbocycles. The molecular weight excluding hydrogens is 598 g/mol. The molecule has 6 N–H and O–H groups in total. The second kappa shape index (κ2) is 20.8. The summed E-state index contributed by atoms with van der Waals surface area (Å²) in [7, 11) is 1.55. The normalized spacial score (nSPS) is 12.7. The van der Waals surface area contributed by atoms with Crippen LogP contribution in [0, 0.1) is 0 Å². The molecule has 1 atom stereocenters. The lowest BCUT2D eigenvalue weighted by Gasteiger charge is -2.19. The average molecular weight is 642 g/mol. The molecule has 15 heteroatoms. The van der Waals surface area contributed by atoms with Crippen LogP contribution in [-0.4, -0.2) is 98.0 Å². The minimum Gasteiger partial charge on any atom is -0.359 e. The number of unbranched alkanes of at least 4 members (excludes halogenated alkanes) is 3. The smallest absolute Gasteiger partial charge is 0.253 e. The second-order valence-corrected chi connectivity index (χ2v) is 10.5. The highest BCUT2D eigenvalue weighted by Crippen LogP contribution is 2.08. The van der Waals surface area contributed by atoms with Gasteiger partial charge in [-0.2, -0.15) is 0 Å². The first-order chi connectivity index (χ1) is 22.1. The quantitative estimate of drug-likeness (QED) is 0.0691. The van der Waals surface area contributed by atoms with E-state index < -0.39 is 36.2 Å². The molecule has 1 aliphatic rings. The van der Waals surface area contributed by atoms with E-state index in [-0.39, 0.29) is 56.1 Å². The maximum Gasteiger partial charge on any atom is 0.253 e. The summed E-state index contributed by atoms with van der Waals surface area (Å²) >= 11 is 0. The first-order valence-electron chi connectivity index (χ1n) is 15.2. The summed E-state index contributed by atoms with van der Waals surface area (Å²) in [5.74, 6) is -3.37. The summed E-state index contributed by atoms with van der Waals surface area (Å²) in [5.41, 5.74) is 0.769. The van der Waals surface area contributed by atoms with Gasteiger partial charge in [-0.1, -0.05) is 36.8 Å². The summed E-state index contributed by atoms with van der Waals surface area (Å²) in [4.78, 5) is 97.3. The van der Waals surface area contributed by atoms with Crippen molar-refractivity contribution in [3.05, 3.63) is 48.0 Å². The van der Waals surface area contributed by atoms with Gasteiger partial charge in [0, 0.05) is 51.6 Å². The van der Waals surface area contributed by atoms with Gasteiger partial charge in [-0.25, -0.2) is 0 Å². The largest absolute Gasteiger partial charge is 0.359 e. The molecule has 46 heavy (non-hydrogen) atoms. The highest BCUT2D eigenvalue weighted by Gasteiger charge is 2.23.